The number of benzene rings is 1. The number of hydrogen-bond donors (Lipinski definition) is 0. The number of rotatable bonds is 5. The van der Waals surface area contributed by atoms with Crippen LogP contribution in [-0.2, 0) is 6.54 Å². The zero-order chi connectivity index (χ0) is 17.3. The molecule has 0 saturated carbocycles. The van der Waals surface area contributed by atoms with Crippen molar-refractivity contribution < 1.29 is 4.92 Å². The number of nitrogens with zero attached hydrogens (tertiary/aromatic N) is 5. The number of anilines is 1. The fourth-order valence-electron chi connectivity index (χ4n) is 3.27. The molecule has 0 spiro atoms. The van der Waals surface area contributed by atoms with Crippen LogP contribution in [-0.4, -0.2) is 26.2 Å². The van der Waals surface area contributed by atoms with Gasteiger partial charge >= 0.3 is 0 Å². The van der Waals surface area contributed by atoms with Crippen molar-refractivity contribution in [1.29, 1.82) is 0 Å². The topological polar surface area (TPSA) is 77.1 Å². The highest BCUT2D eigenvalue weighted by Crippen LogP contribution is 2.40. The average Bonchev–Trinajstić information content (AvgIpc) is 3.15. The molecule has 7 nitrogen and oxygen atoms in total. The lowest BCUT2D eigenvalue weighted by Crippen LogP contribution is -2.26. The molecule has 128 valence electrons. The van der Waals surface area contributed by atoms with Gasteiger partial charge in [0, 0.05) is 24.2 Å². The van der Waals surface area contributed by atoms with E-state index in [0.717, 1.165) is 31.8 Å². The van der Waals surface area contributed by atoms with Crippen LogP contribution in [0.3, 0.4) is 0 Å². The zero-order valence-corrected chi connectivity index (χ0v) is 14.5. The largest absolute Gasteiger partial charge is 0.356 e. The summed E-state index contributed by atoms with van der Waals surface area (Å²) < 4.78 is 2.05. The first-order valence-electron chi connectivity index (χ1n) is 8.05. The van der Waals surface area contributed by atoms with Gasteiger partial charge in [-0.25, -0.2) is 0 Å². The second-order valence-corrected chi connectivity index (χ2v) is 6.91. The Labute approximate surface area is 145 Å². The zero-order valence-electron chi connectivity index (χ0n) is 13.7. The van der Waals surface area contributed by atoms with Gasteiger partial charge in [-0.2, -0.15) is 0 Å². The molecule has 1 aromatic carbocycles. The molecule has 0 radical (unpaired) electrons. The third-order valence-corrected chi connectivity index (χ3v) is 4.44. The summed E-state index contributed by atoms with van der Waals surface area (Å²) in [4.78, 5) is 13.1. The lowest BCUT2D eigenvalue weighted by molar-refractivity contribution is -0.384. The second kappa shape index (κ2) is 6.76. The molecule has 2 heterocycles. The summed E-state index contributed by atoms with van der Waals surface area (Å²) in [6.07, 6.45) is 3.59. The van der Waals surface area contributed by atoms with Gasteiger partial charge in [-0.3, -0.25) is 10.1 Å². The van der Waals surface area contributed by atoms with Crippen LogP contribution in [0.1, 0.15) is 38.6 Å². The summed E-state index contributed by atoms with van der Waals surface area (Å²) in [5.74, 6) is 1.34. The maximum Gasteiger partial charge on any atom is 0.294 e. The smallest absolute Gasteiger partial charge is 0.294 e. The maximum atomic E-state index is 11.4. The second-order valence-electron chi connectivity index (χ2n) is 6.48. The Morgan fingerprint density at radius 3 is 2.96 bits per heavy atom. The molecule has 3 rings (SSSR count). The van der Waals surface area contributed by atoms with Gasteiger partial charge in [0.05, 0.1) is 11.0 Å². The van der Waals surface area contributed by atoms with Crippen LogP contribution in [0.15, 0.2) is 24.5 Å². The fraction of sp³-hybridized carbons (Fsp3) is 0.500. The molecule has 8 heteroatoms. The Morgan fingerprint density at radius 1 is 1.46 bits per heavy atom. The van der Waals surface area contributed by atoms with Crippen LogP contribution < -0.4 is 4.90 Å². The van der Waals surface area contributed by atoms with Gasteiger partial charge in [-0.15, -0.1) is 10.2 Å². The van der Waals surface area contributed by atoms with Gasteiger partial charge < -0.3 is 9.47 Å². The van der Waals surface area contributed by atoms with Gasteiger partial charge in [0.1, 0.15) is 12.0 Å². The van der Waals surface area contributed by atoms with E-state index in [1.54, 1.807) is 18.5 Å². The maximum absolute atomic E-state index is 11.4. The van der Waals surface area contributed by atoms with E-state index in [2.05, 4.69) is 33.5 Å². The molecule has 24 heavy (non-hydrogen) atoms. The van der Waals surface area contributed by atoms with Gasteiger partial charge in [-0.05, 0) is 30.9 Å². The molecule has 1 aromatic heterocycles. The van der Waals surface area contributed by atoms with Crippen LogP contribution in [0, 0.1) is 16.0 Å². The minimum Gasteiger partial charge on any atom is -0.356 e. The molecule has 0 amide bonds. The normalized spacial score (nSPS) is 17.7. The van der Waals surface area contributed by atoms with Gasteiger partial charge in [0.2, 0.25) is 0 Å². The average molecular weight is 350 g/mol. The van der Waals surface area contributed by atoms with Crippen LogP contribution in [0.4, 0.5) is 11.4 Å². The summed E-state index contributed by atoms with van der Waals surface area (Å²) >= 11 is 5.94. The van der Waals surface area contributed by atoms with E-state index in [1.165, 1.54) is 6.07 Å². The van der Waals surface area contributed by atoms with Gasteiger partial charge in [0.15, 0.2) is 5.82 Å². The minimum atomic E-state index is -0.380. The molecule has 1 atom stereocenters. The van der Waals surface area contributed by atoms with Crippen LogP contribution >= 0.6 is 11.6 Å². The molecule has 0 bridgehead atoms. The van der Waals surface area contributed by atoms with Crippen LogP contribution in [0.2, 0.25) is 5.02 Å². The van der Waals surface area contributed by atoms with Crippen molar-refractivity contribution in [3.8, 4) is 0 Å². The number of hydrogen-bond acceptors (Lipinski definition) is 5. The van der Waals surface area contributed by atoms with E-state index in [0.29, 0.717) is 16.6 Å². The molecule has 1 fully saturated rings. The Bertz CT molecular complexity index is 746. The molecular weight excluding hydrogens is 330 g/mol. The first-order valence-corrected chi connectivity index (χ1v) is 8.43. The quantitative estimate of drug-likeness (QED) is 0.605. The SMILES string of the molecule is CC(C)Cn1cnnc1C1CCCN1c1ccc(Cl)cc1[N+](=O)[O-]. The van der Waals surface area contributed by atoms with Crippen molar-refractivity contribution in [3.05, 3.63) is 45.5 Å². The standard InChI is InChI=1S/C16H20ClN5O2/c1-11(2)9-20-10-18-19-16(20)14-4-3-7-21(14)13-6-5-12(17)8-15(13)22(23)24/h5-6,8,10-11,14H,3-4,7,9H2,1-2H3. The van der Waals surface area contributed by atoms with Gasteiger partial charge in [0.25, 0.3) is 5.69 Å². The molecule has 2 aromatic rings. The number of halogens is 1. The Kier molecular flexibility index (Phi) is 4.71. The van der Waals surface area contributed by atoms with Crippen molar-refractivity contribution in [2.45, 2.75) is 39.3 Å². The van der Waals surface area contributed by atoms with Crippen molar-refractivity contribution in [2.24, 2.45) is 5.92 Å². The number of nitro benzene ring substituents is 1. The van der Waals surface area contributed by atoms with Crippen molar-refractivity contribution in [1.82, 2.24) is 14.8 Å². The predicted molar refractivity (Wildman–Crippen MR) is 92.3 cm³/mol. The van der Waals surface area contributed by atoms with E-state index in [1.807, 2.05) is 0 Å². The molecule has 1 aliphatic heterocycles. The molecule has 1 aliphatic rings. The Balaban J connectivity index is 1.98. The lowest BCUT2D eigenvalue weighted by Gasteiger charge is -2.26. The summed E-state index contributed by atoms with van der Waals surface area (Å²) in [5, 5.41) is 20.1. The molecule has 1 saturated heterocycles. The number of nitro groups is 1. The monoisotopic (exact) mass is 349 g/mol. The van der Waals surface area contributed by atoms with Crippen molar-refractivity contribution >= 4 is 23.0 Å². The summed E-state index contributed by atoms with van der Waals surface area (Å²) in [5.41, 5.74) is 0.621. The highest BCUT2D eigenvalue weighted by Gasteiger charge is 2.33. The number of aromatic nitrogens is 3. The van der Waals surface area contributed by atoms with Crippen molar-refractivity contribution in [3.63, 3.8) is 0 Å². The first-order chi connectivity index (χ1) is 11.5. The van der Waals surface area contributed by atoms with Gasteiger partial charge in [-0.1, -0.05) is 25.4 Å². The van der Waals surface area contributed by atoms with Crippen LogP contribution in [0.5, 0.6) is 0 Å². The predicted octanol–water partition coefficient (Wildman–Crippen LogP) is 3.84. The third kappa shape index (κ3) is 3.21. The fourth-order valence-corrected chi connectivity index (χ4v) is 3.43. The summed E-state index contributed by atoms with van der Waals surface area (Å²) in [7, 11) is 0. The van der Waals surface area contributed by atoms with E-state index >= 15 is 0 Å². The summed E-state index contributed by atoms with van der Waals surface area (Å²) in [6.45, 7) is 5.86. The highest BCUT2D eigenvalue weighted by atomic mass is 35.5. The highest BCUT2D eigenvalue weighted by molar-refractivity contribution is 6.30. The summed E-state index contributed by atoms with van der Waals surface area (Å²) in [6, 6.07) is 4.82. The minimum absolute atomic E-state index is 0.00822. The van der Waals surface area contributed by atoms with E-state index in [-0.39, 0.29) is 16.7 Å². The molecule has 1 unspecified atom stereocenters. The van der Waals surface area contributed by atoms with Crippen molar-refractivity contribution in [2.75, 3.05) is 11.4 Å². The van der Waals surface area contributed by atoms with E-state index < -0.39 is 0 Å². The first kappa shape index (κ1) is 16.7. The Morgan fingerprint density at radius 2 is 2.25 bits per heavy atom. The van der Waals surface area contributed by atoms with E-state index in [4.69, 9.17) is 11.6 Å². The lowest BCUT2D eigenvalue weighted by atomic mass is 10.1. The molecular formula is C16H20ClN5O2. The van der Waals surface area contributed by atoms with Crippen LogP contribution in [0.25, 0.3) is 0 Å². The molecule has 0 N–H and O–H groups in total. The Hall–Kier alpha value is -2.15. The third-order valence-electron chi connectivity index (χ3n) is 4.20. The molecule has 0 aliphatic carbocycles. The van der Waals surface area contributed by atoms with E-state index in [9.17, 15) is 10.1 Å².